The van der Waals surface area contributed by atoms with Gasteiger partial charge in [0, 0.05) is 17.4 Å². The fraction of sp³-hybridized carbons (Fsp3) is 0.650. The smallest absolute Gasteiger partial charge is 0.224 e. The molecule has 1 amide bonds. The van der Waals surface area contributed by atoms with Crippen LogP contribution in [0.25, 0.3) is 0 Å². The van der Waals surface area contributed by atoms with Crippen LogP contribution in [0.3, 0.4) is 0 Å². The van der Waals surface area contributed by atoms with Gasteiger partial charge in [0.1, 0.15) is 0 Å². The Balaban J connectivity index is 2.03. The van der Waals surface area contributed by atoms with Crippen LogP contribution in [0, 0.1) is 0 Å². The first-order valence-electron chi connectivity index (χ1n) is 9.21. The number of hydrogen-bond acceptors (Lipinski definition) is 1. The summed E-state index contributed by atoms with van der Waals surface area (Å²) in [6.07, 6.45) is 13.2. The van der Waals surface area contributed by atoms with Crippen molar-refractivity contribution in [2.45, 2.75) is 77.6 Å². The zero-order valence-corrected chi connectivity index (χ0v) is 16.2. The highest BCUT2D eigenvalue weighted by molar-refractivity contribution is 9.09. The zero-order chi connectivity index (χ0) is 16.8. The van der Waals surface area contributed by atoms with Gasteiger partial charge in [0.25, 0.3) is 0 Å². The van der Waals surface area contributed by atoms with Gasteiger partial charge in [-0.25, -0.2) is 0 Å². The van der Waals surface area contributed by atoms with Gasteiger partial charge < -0.3 is 5.32 Å². The predicted octanol–water partition coefficient (Wildman–Crippen LogP) is 6.48. The quantitative estimate of drug-likeness (QED) is 0.307. The molecule has 0 saturated heterocycles. The van der Waals surface area contributed by atoms with Crippen LogP contribution >= 0.6 is 15.9 Å². The normalized spacial score (nSPS) is 10.7. The number of anilines is 1. The van der Waals surface area contributed by atoms with E-state index in [1.54, 1.807) is 0 Å². The molecule has 1 aromatic rings. The first-order valence-corrected chi connectivity index (χ1v) is 10.3. The average molecular weight is 382 g/mol. The van der Waals surface area contributed by atoms with Crippen LogP contribution in [-0.4, -0.2) is 11.2 Å². The van der Waals surface area contributed by atoms with Crippen molar-refractivity contribution in [3.05, 3.63) is 29.8 Å². The monoisotopic (exact) mass is 381 g/mol. The predicted molar refractivity (Wildman–Crippen MR) is 104 cm³/mol. The third-order valence-corrected chi connectivity index (χ3v) is 4.52. The molecule has 0 fully saturated rings. The molecule has 0 heterocycles. The van der Waals surface area contributed by atoms with Gasteiger partial charge in [-0.1, -0.05) is 86.4 Å². The molecule has 3 heteroatoms. The van der Waals surface area contributed by atoms with Crippen molar-refractivity contribution in [1.82, 2.24) is 0 Å². The Bertz CT molecular complexity index is 416. The Kier molecular flexibility index (Phi) is 11.9. The lowest BCUT2D eigenvalue weighted by Gasteiger charge is -2.06. The zero-order valence-electron chi connectivity index (χ0n) is 14.6. The minimum Gasteiger partial charge on any atom is -0.326 e. The molecule has 0 radical (unpaired) electrons. The van der Waals surface area contributed by atoms with Crippen molar-refractivity contribution in [2.24, 2.45) is 0 Å². The number of amides is 1. The summed E-state index contributed by atoms with van der Waals surface area (Å²) >= 11 is 3.44. The first-order chi connectivity index (χ1) is 11.3. The topological polar surface area (TPSA) is 29.1 Å². The van der Waals surface area contributed by atoms with E-state index in [2.05, 4.69) is 40.3 Å². The molecule has 0 bridgehead atoms. The summed E-state index contributed by atoms with van der Waals surface area (Å²) in [5.41, 5.74) is 2.20. The highest BCUT2D eigenvalue weighted by atomic mass is 79.9. The second-order valence-electron chi connectivity index (χ2n) is 6.26. The van der Waals surface area contributed by atoms with Crippen LogP contribution in [0.2, 0.25) is 0 Å². The number of nitrogens with one attached hydrogen (secondary N) is 1. The summed E-state index contributed by atoms with van der Waals surface area (Å²) in [6.45, 7) is 2.25. The molecule has 1 aromatic carbocycles. The molecule has 2 nitrogen and oxygen atoms in total. The highest BCUT2D eigenvalue weighted by Gasteiger charge is 2.02. The van der Waals surface area contributed by atoms with Crippen LogP contribution in [0.5, 0.6) is 0 Å². The van der Waals surface area contributed by atoms with E-state index >= 15 is 0 Å². The van der Waals surface area contributed by atoms with Crippen molar-refractivity contribution >= 4 is 27.5 Å². The SMILES string of the molecule is CCCCCCCCCCCC(=O)Nc1ccc(CCBr)cc1. The van der Waals surface area contributed by atoms with Gasteiger partial charge in [0.15, 0.2) is 0 Å². The lowest BCUT2D eigenvalue weighted by molar-refractivity contribution is -0.116. The average Bonchev–Trinajstić information content (AvgIpc) is 2.55. The molecular weight excluding hydrogens is 350 g/mol. The fourth-order valence-corrected chi connectivity index (χ4v) is 3.14. The summed E-state index contributed by atoms with van der Waals surface area (Å²) < 4.78 is 0. The number of halogens is 1. The molecule has 130 valence electrons. The highest BCUT2D eigenvalue weighted by Crippen LogP contribution is 2.13. The van der Waals surface area contributed by atoms with Crippen molar-refractivity contribution < 1.29 is 4.79 Å². The van der Waals surface area contributed by atoms with E-state index in [1.165, 1.54) is 56.9 Å². The van der Waals surface area contributed by atoms with Crippen molar-refractivity contribution in [1.29, 1.82) is 0 Å². The number of benzene rings is 1. The van der Waals surface area contributed by atoms with E-state index < -0.39 is 0 Å². The Morgan fingerprint density at radius 1 is 0.913 bits per heavy atom. The minimum absolute atomic E-state index is 0.140. The van der Waals surface area contributed by atoms with Gasteiger partial charge in [-0.15, -0.1) is 0 Å². The van der Waals surface area contributed by atoms with Gasteiger partial charge >= 0.3 is 0 Å². The number of unbranched alkanes of at least 4 members (excludes halogenated alkanes) is 8. The molecule has 0 atom stereocenters. The number of aryl methyl sites for hydroxylation is 1. The van der Waals surface area contributed by atoms with Crippen LogP contribution in [0.4, 0.5) is 5.69 Å². The molecule has 23 heavy (non-hydrogen) atoms. The number of hydrogen-bond donors (Lipinski definition) is 1. The first kappa shape index (κ1) is 20.2. The van der Waals surface area contributed by atoms with Gasteiger partial charge in [-0.05, 0) is 30.5 Å². The lowest BCUT2D eigenvalue weighted by Crippen LogP contribution is -2.11. The van der Waals surface area contributed by atoms with Gasteiger partial charge in [0.05, 0.1) is 0 Å². The van der Waals surface area contributed by atoms with E-state index in [-0.39, 0.29) is 5.91 Å². The molecule has 0 aromatic heterocycles. The maximum absolute atomic E-state index is 11.9. The third-order valence-electron chi connectivity index (χ3n) is 4.13. The molecule has 0 aliphatic rings. The standard InChI is InChI=1S/C20H32BrNO/c1-2-3-4-5-6-7-8-9-10-11-20(23)22-19-14-12-18(13-15-19)16-17-21/h12-15H,2-11,16-17H2,1H3,(H,22,23). The summed E-state index contributed by atoms with van der Waals surface area (Å²) in [4.78, 5) is 11.9. The van der Waals surface area contributed by atoms with E-state index in [1.807, 2.05) is 12.1 Å². The molecule has 1 N–H and O–H groups in total. The van der Waals surface area contributed by atoms with Gasteiger partial charge in [-0.2, -0.15) is 0 Å². The van der Waals surface area contributed by atoms with Crippen molar-refractivity contribution in [2.75, 3.05) is 10.6 Å². The van der Waals surface area contributed by atoms with Crippen LogP contribution in [0.15, 0.2) is 24.3 Å². The van der Waals surface area contributed by atoms with Gasteiger partial charge in [-0.3, -0.25) is 4.79 Å². The molecule has 0 saturated carbocycles. The number of alkyl halides is 1. The summed E-state index contributed by atoms with van der Waals surface area (Å²) in [7, 11) is 0. The third kappa shape index (κ3) is 10.5. The summed E-state index contributed by atoms with van der Waals surface area (Å²) in [6, 6.07) is 8.14. The van der Waals surface area contributed by atoms with Gasteiger partial charge in [0.2, 0.25) is 5.91 Å². The van der Waals surface area contributed by atoms with E-state index in [0.717, 1.165) is 23.9 Å². The van der Waals surface area contributed by atoms with E-state index in [0.29, 0.717) is 6.42 Å². The van der Waals surface area contributed by atoms with Crippen LogP contribution in [-0.2, 0) is 11.2 Å². The molecule has 1 rings (SSSR count). The molecule has 0 spiro atoms. The summed E-state index contributed by atoms with van der Waals surface area (Å²) in [5.74, 6) is 0.140. The Morgan fingerprint density at radius 2 is 1.48 bits per heavy atom. The molecular formula is C20H32BrNO. The van der Waals surface area contributed by atoms with Crippen molar-refractivity contribution in [3.8, 4) is 0 Å². The largest absolute Gasteiger partial charge is 0.326 e. The van der Waals surface area contributed by atoms with E-state index in [9.17, 15) is 4.79 Å². The molecule has 0 aliphatic heterocycles. The van der Waals surface area contributed by atoms with E-state index in [4.69, 9.17) is 0 Å². The number of carbonyl (C=O) groups is 1. The second kappa shape index (κ2) is 13.6. The molecule has 0 unspecified atom stereocenters. The second-order valence-corrected chi connectivity index (χ2v) is 7.06. The number of carbonyl (C=O) groups excluding carboxylic acids is 1. The van der Waals surface area contributed by atoms with Crippen molar-refractivity contribution in [3.63, 3.8) is 0 Å². The van der Waals surface area contributed by atoms with Crippen LogP contribution < -0.4 is 5.32 Å². The maximum atomic E-state index is 11.9. The number of rotatable bonds is 13. The molecule has 0 aliphatic carbocycles. The Hall–Kier alpha value is -0.830. The van der Waals surface area contributed by atoms with Crippen LogP contribution in [0.1, 0.15) is 76.7 Å². The minimum atomic E-state index is 0.140. The lowest BCUT2D eigenvalue weighted by atomic mass is 10.1. The maximum Gasteiger partial charge on any atom is 0.224 e. The fourth-order valence-electron chi connectivity index (χ4n) is 2.68. The Labute approximate surface area is 150 Å². The Morgan fingerprint density at radius 3 is 2.04 bits per heavy atom. The summed E-state index contributed by atoms with van der Waals surface area (Å²) in [5, 5.41) is 3.96.